The van der Waals surface area contributed by atoms with E-state index in [1.54, 1.807) is 17.9 Å². The van der Waals surface area contributed by atoms with Crippen molar-refractivity contribution in [3.05, 3.63) is 16.9 Å². The molecule has 0 aromatic carbocycles. The van der Waals surface area contributed by atoms with E-state index in [-0.39, 0.29) is 0 Å². The number of nitrogens with zero attached hydrogens (tertiary/aromatic N) is 2. The molecule has 1 aromatic heterocycles. The summed E-state index contributed by atoms with van der Waals surface area (Å²) in [5.74, 6) is 0. The fraction of sp³-hybridized carbons (Fsp3) is 0.667. The van der Waals surface area contributed by atoms with E-state index in [1.807, 2.05) is 0 Å². The molecule has 1 saturated heterocycles. The fourth-order valence-corrected chi connectivity index (χ4v) is 2.37. The zero-order valence-corrected chi connectivity index (χ0v) is 8.88. The van der Waals surface area contributed by atoms with Crippen molar-refractivity contribution >= 4 is 11.6 Å². The topological polar surface area (TPSA) is 50.1 Å². The molecular formula is C9H14ClN3O. The minimum Gasteiger partial charge on any atom is -0.382 e. The second-order valence-corrected chi connectivity index (χ2v) is 4.18. The van der Waals surface area contributed by atoms with Crippen molar-refractivity contribution in [1.82, 2.24) is 15.1 Å². The molecule has 0 bridgehead atoms. The molecule has 5 heteroatoms. The van der Waals surface area contributed by atoms with Gasteiger partial charge in [0.2, 0.25) is 0 Å². The standard InChI is InChI=1S/C9H14ClN3O/c1-13-8(7(10)5-12-13)9(14)3-2-4-11-6-9/h5,11,14H,2-4,6H2,1H3. The summed E-state index contributed by atoms with van der Waals surface area (Å²) < 4.78 is 1.65. The average molecular weight is 216 g/mol. The zero-order chi connectivity index (χ0) is 10.2. The highest BCUT2D eigenvalue weighted by atomic mass is 35.5. The second kappa shape index (κ2) is 3.53. The highest BCUT2D eigenvalue weighted by molar-refractivity contribution is 6.31. The Morgan fingerprint density at radius 3 is 3.00 bits per heavy atom. The Labute approximate surface area is 87.9 Å². The number of rotatable bonds is 1. The van der Waals surface area contributed by atoms with Crippen LogP contribution < -0.4 is 5.32 Å². The third-order valence-electron chi connectivity index (χ3n) is 2.70. The molecule has 1 aliphatic heterocycles. The summed E-state index contributed by atoms with van der Waals surface area (Å²) in [5.41, 5.74) is -0.146. The molecule has 1 unspecified atom stereocenters. The summed E-state index contributed by atoms with van der Waals surface area (Å²) in [5, 5.41) is 18.1. The van der Waals surface area contributed by atoms with Gasteiger partial charge >= 0.3 is 0 Å². The molecular weight excluding hydrogens is 202 g/mol. The number of β-amino-alcohol motifs (C(OH)–C–C–N with tert-alkyl or cyclic N) is 1. The van der Waals surface area contributed by atoms with Gasteiger partial charge in [-0.15, -0.1) is 0 Å². The third kappa shape index (κ3) is 1.54. The van der Waals surface area contributed by atoms with Crippen molar-refractivity contribution in [2.24, 2.45) is 7.05 Å². The van der Waals surface area contributed by atoms with E-state index in [4.69, 9.17) is 11.6 Å². The van der Waals surface area contributed by atoms with Crippen molar-refractivity contribution in [2.45, 2.75) is 18.4 Å². The molecule has 1 fully saturated rings. The third-order valence-corrected chi connectivity index (χ3v) is 2.97. The number of piperidine rings is 1. The SMILES string of the molecule is Cn1ncc(Cl)c1C1(O)CCCNC1. The van der Waals surface area contributed by atoms with E-state index >= 15 is 0 Å². The maximum Gasteiger partial charge on any atom is 0.120 e. The summed E-state index contributed by atoms with van der Waals surface area (Å²) in [6.07, 6.45) is 3.26. The molecule has 0 spiro atoms. The second-order valence-electron chi connectivity index (χ2n) is 3.78. The number of aliphatic hydroxyl groups is 1. The quantitative estimate of drug-likeness (QED) is 0.723. The van der Waals surface area contributed by atoms with Crippen LogP contribution in [-0.4, -0.2) is 28.0 Å². The van der Waals surface area contributed by atoms with Gasteiger partial charge in [0, 0.05) is 13.6 Å². The first-order valence-electron chi connectivity index (χ1n) is 4.74. The highest BCUT2D eigenvalue weighted by Crippen LogP contribution is 2.32. The Kier molecular flexibility index (Phi) is 2.51. The zero-order valence-electron chi connectivity index (χ0n) is 8.13. The molecule has 1 aromatic rings. The maximum atomic E-state index is 10.4. The minimum absolute atomic E-state index is 0.540. The minimum atomic E-state index is -0.861. The van der Waals surface area contributed by atoms with Gasteiger partial charge in [0.1, 0.15) is 5.60 Å². The smallest absolute Gasteiger partial charge is 0.120 e. The molecule has 2 heterocycles. The lowest BCUT2D eigenvalue weighted by atomic mass is 9.91. The van der Waals surface area contributed by atoms with E-state index in [1.165, 1.54) is 0 Å². The Balaban J connectivity index is 2.36. The molecule has 1 atom stereocenters. The van der Waals surface area contributed by atoms with E-state index in [0.29, 0.717) is 17.3 Å². The number of halogens is 1. The van der Waals surface area contributed by atoms with E-state index < -0.39 is 5.60 Å². The monoisotopic (exact) mass is 215 g/mol. The Morgan fingerprint density at radius 2 is 2.50 bits per heavy atom. The molecule has 0 radical (unpaired) electrons. The molecule has 78 valence electrons. The van der Waals surface area contributed by atoms with Crippen LogP contribution in [0.15, 0.2) is 6.20 Å². The summed E-state index contributed by atoms with van der Waals surface area (Å²) in [7, 11) is 1.80. The van der Waals surface area contributed by atoms with Crippen molar-refractivity contribution in [2.75, 3.05) is 13.1 Å². The van der Waals surface area contributed by atoms with Gasteiger partial charge in [-0.05, 0) is 19.4 Å². The summed E-state index contributed by atoms with van der Waals surface area (Å²) in [6.45, 7) is 1.50. The van der Waals surface area contributed by atoms with Crippen molar-refractivity contribution in [3.63, 3.8) is 0 Å². The first-order valence-corrected chi connectivity index (χ1v) is 5.12. The predicted octanol–water partition coefficient (Wildman–Crippen LogP) is 0.644. The molecule has 2 N–H and O–H groups in total. The molecule has 1 aliphatic rings. The van der Waals surface area contributed by atoms with Gasteiger partial charge in [-0.2, -0.15) is 5.10 Å². The van der Waals surface area contributed by atoms with Gasteiger partial charge in [0.25, 0.3) is 0 Å². The Hall–Kier alpha value is -0.580. The Bertz CT molecular complexity index is 311. The number of aromatic nitrogens is 2. The normalized spacial score (nSPS) is 27.9. The Morgan fingerprint density at radius 1 is 1.71 bits per heavy atom. The van der Waals surface area contributed by atoms with Crippen LogP contribution in [0.2, 0.25) is 5.02 Å². The van der Waals surface area contributed by atoms with Crippen LogP contribution in [-0.2, 0) is 12.6 Å². The number of aryl methyl sites for hydroxylation is 1. The molecule has 0 amide bonds. The van der Waals surface area contributed by atoms with Crippen LogP contribution in [0, 0.1) is 0 Å². The highest BCUT2D eigenvalue weighted by Gasteiger charge is 2.35. The van der Waals surface area contributed by atoms with Crippen LogP contribution in [0.5, 0.6) is 0 Å². The van der Waals surface area contributed by atoms with Crippen LogP contribution >= 0.6 is 11.6 Å². The number of hydrogen-bond acceptors (Lipinski definition) is 3. The van der Waals surface area contributed by atoms with Crippen LogP contribution in [0.1, 0.15) is 18.5 Å². The molecule has 2 rings (SSSR count). The van der Waals surface area contributed by atoms with E-state index in [9.17, 15) is 5.11 Å². The lowest BCUT2D eigenvalue weighted by Crippen LogP contribution is -2.44. The summed E-state index contributed by atoms with van der Waals surface area (Å²) >= 11 is 6.00. The van der Waals surface area contributed by atoms with Crippen LogP contribution in [0.4, 0.5) is 0 Å². The van der Waals surface area contributed by atoms with Crippen LogP contribution in [0.3, 0.4) is 0 Å². The van der Waals surface area contributed by atoms with Gasteiger partial charge < -0.3 is 10.4 Å². The molecule has 0 saturated carbocycles. The van der Waals surface area contributed by atoms with Gasteiger partial charge in [-0.1, -0.05) is 11.6 Å². The first kappa shape index (κ1) is 9.96. The molecule has 4 nitrogen and oxygen atoms in total. The van der Waals surface area contributed by atoms with Gasteiger partial charge in [0.15, 0.2) is 0 Å². The fourth-order valence-electron chi connectivity index (χ4n) is 2.03. The first-order chi connectivity index (χ1) is 6.63. The lowest BCUT2D eigenvalue weighted by molar-refractivity contribution is 0.00494. The van der Waals surface area contributed by atoms with E-state index in [2.05, 4.69) is 10.4 Å². The largest absolute Gasteiger partial charge is 0.382 e. The summed E-state index contributed by atoms with van der Waals surface area (Å²) in [4.78, 5) is 0. The average Bonchev–Trinajstić information content (AvgIpc) is 2.48. The summed E-state index contributed by atoms with van der Waals surface area (Å²) in [6, 6.07) is 0. The van der Waals surface area contributed by atoms with Gasteiger partial charge in [-0.3, -0.25) is 4.68 Å². The van der Waals surface area contributed by atoms with Gasteiger partial charge in [-0.25, -0.2) is 0 Å². The lowest BCUT2D eigenvalue weighted by Gasteiger charge is -2.32. The van der Waals surface area contributed by atoms with Crippen molar-refractivity contribution in [3.8, 4) is 0 Å². The number of nitrogens with one attached hydrogen (secondary N) is 1. The van der Waals surface area contributed by atoms with E-state index in [0.717, 1.165) is 19.4 Å². The predicted molar refractivity (Wildman–Crippen MR) is 54.2 cm³/mol. The van der Waals surface area contributed by atoms with Crippen molar-refractivity contribution in [1.29, 1.82) is 0 Å². The maximum absolute atomic E-state index is 10.4. The molecule has 0 aliphatic carbocycles. The van der Waals surface area contributed by atoms with Crippen LogP contribution in [0.25, 0.3) is 0 Å². The number of hydrogen-bond donors (Lipinski definition) is 2. The molecule has 14 heavy (non-hydrogen) atoms. The van der Waals surface area contributed by atoms with Gasteiger partial charge in [0.05, 0.1) is 16.9 Å². The van der Waals surface area contributed by atoms with Crippen molar-refractivity contribution < 1.29 is 5.11 Å².